The molecule has 1 aliphatic heterocycles. The van der Waals surface area contributed by atoms with Crippen molar-refractivity contribution in [2.75, 3.05) is 33.9 Å². The van der Waals surface area contributed by atoms with Crippen LogP contribution in [-0.2, 0) is 11.2 Å². The van der Waals surface area contributed by atoms with Gasteiger partial charge < -0.3 is 24.8 Å². The quantitative estimate of drug-likeness (QED) is 0.831. The topological polar surface area (TPSA) is 71.0 Å². The van der Waals surface area contributed by atoms with E-state index in [1.165, 1.54) is 0 Å². The molecule has 128 valence electrons. The molecule has 1 fully saturated rings. The van der Waals surface area contributed by atoms with Crippen LogP contribution in [-0.4, -0.2) is 61.6 Å². The normalized spacial score (nSPS) is 23.8. The van der Waals surface area contributed by atoms with Crippen molar-refractivity contribution in [3.63, 3.8) is 0 Å². The molecule has 0 spiro atoms. The number of likely N-dealkylation sites (tertiary alicyclic amines) is 1. The van der Waals surface area contributed by atoms with Crippen molar-refractivity contribution < 1.29 is 19.4 Å². The molecule has 1 heterocycles. The standard InChI is InChI=1S/C17H26N2O4/c1-17(12-20)10-15(23-3)11-19(17)16(21)18-8-7-13-5-4-6-14(9-13)22-2/h4-6,9,15,20H,7-8,10-12H2,1-3H3,(H,18,21). The number of carbonyl (C=O) groups excluding carboxylic acids is 1. The van der Waals surface area contributed by atoms with Crippen LogP contribution < -0.4 is 10.1 Å². The molecule has 2 rings (SSSR count). The maximum Gasteiger partial charge on any atom is 0.318 e. The molecular weight excluding hydrogens is 296 g/mol. The SMILES string of the molecule is COc1cccc(CCNC(=O)N2CC(OC)CC2(C)CO)c1. The first-order valence-corrected chi connectivity index (χ1v) is 7.84. The van der Waals surface area contributed by atoms with Crippen molar-refractivity contribution in [3.05, 3.63) is 29.8 Å². The highest BCUT2D eigenvalue weighted by atomic mass is 16.5. The minimum atomic E-state index is -0.569. The van der Waals surface area contributed by atoms with Crippen LogP contribution in [0.2, 0.25) is 0 Å². The van der Waals surface area contributed by atoms with Crippen molar-refractivity contribution in [1.82, 2.24) is 10.2 Å². The summed E-state index contributed by atoms with van der Waals surface area (Å²) in [4.78, 5) is 14.1. The molecule has 2 amide bonds. The van der Waals surface area contributed by atoms with Crippen LogP contribution in [0.1, 0.15) is 18.9 Å². The van der Waals surface area contributed by atoms with Gasteiger partial charge in [0.25, 0.3) is 0 Å². The number of methoxy groups -OCH3 is 2. The van der Waals surface area contributed by atoms with Crippen LogP contribution >= 0.6 is 0 Å². The van der Waals surface area contributed by atoms with E-state index in [0.717, 1.165) is 17.7 Å². The summed E-state index contributed by atoms with van der Waals surface area (Å²) in [5, 5.41) is 12.6. The summed E-state index contributed by atoms with van der Waals surface area (Å²) in [7, 11) is 3.27. The molecule has 0 aliphatic carbocycles. The van der Waals surface area contributed by atoms with Gasteiger partial charge in [-0.1, -0.05) is 12.1 Å². The summed E-state index contributed by atoms with van der Waals surface area (Å²) < 4.78 is 10.5. The fourth-order valence-electron chi connectivity index (χ4n) is 2.96. The molecule has 0 radical (unpaired) electrons. The molecule has 1 aromatic rings. The molecule has 6 heteroatoms. The summed E-state index contributed by atoms with van der Waals surface area (Å²) in [5.74, 6) is 0.809. The third-order valence-electron chi connectivity index (χ3n) is 4.45. The Morgan fingerprint density at radius 1 is 1.48 bits per heavy atom. The summed E-state index contributed by atoms with van der Waals surface area (Å²) >= 11 is 0. The zero-order chi connectivity index (χ0) is 16.9. The zero-order valence-corrected chi connectivity index (χ0v) is 14.0. The number of hydrogen-bond acceptors (Lipinski definition) is 4. The maximum atomic E-state index is 12.4. The highest BCUT2D eigenvalue weighted by Gasteiger charge is 2.44. The smallest absolute Gasteiger partial charge is 0.318 e. The Labute approximate surface area is 137 Å². The molecule has 6 nitrogen and oxygen atoms in total. The molecule has 2 N–H and O–H groups in total. The molecule has 0 aromatic heterocycles. The van der Waals surface area contributed by atoms with Gasteiger partial charge in [-0.25, -0.2) is 4.79 Å². The second-order valence-electron chi connectivity index (χ2n) is 6.16. The van der Waals surface area contributed by atoms with Gasteiger partial charge in [0.2, 0.25) is 0 Å². The number of urea groups is 1. The number of rotatable bonds is 6. The van der Waals surface area contributed by atoms with Crippen molar-refractivity contribution in [2.24, 2.45) is 0 Å². The Balaban J connectivity index is 1.88. The second kappa shape index (κ2) is 7.66. The van der Waals surface area contributed by atoms with Crippen molar-refractivity contribution in [1.29, 1.82) is 0 Å². The highest BCUT2D eigenvalue weighted by Crippen LogP contribution is 2.30. The molecule has 1 aliphatic rings. The van der Waals surface area contributed by atoms with E-state index >= 15 is 0 Å². The van der Waals surface area contributed by atoms with E-state index in [9.17, 15) is 9.90 Å². The number of carbonyl (C=O) groups is 1. The van der Waals surface area contributed by atoms with E-state index in [1.54, 1.807) is 19.1 Å². The van der Waals surface area contributed by atoms with E-state index in [0.29, 0.717) is 19.5 Å². The lowest BCUT2D eigenvalue weighted by molar-refractivity contribution is 0.0951. The van der Waals surface area contributed by atoms with Gasteiger partial charge in [-0.15, -0.1) is 0 Å². The molecule has 1 aromatic carbocycles. The van der Waals surface area contributed by atoms with E-state index in [4.69, 9.17) is 9.47 Å². The Hall–Kier alpha value is -1.79. The van der Waals surface area contributed by atoms with E-state index in [-0.39, 0.29) is 18.7 Å². The Morgan fingerprint density at radius 2 is 2.26 bits per heavy atom. The number of ether oxygens (including phenoxy) is 2. The van der Waals surface area contributed by atoms with E-state index in [2.05, 4.69) is 5.32 Å². The average Bonchev–Trinajstić information content (AvgIpc) is 2.93. The maximum absolute atomic E-state index is 12.4. The number of aliphatic hydroxyl groups excluding tert-OH is 1. The second-order valence-corrected chi connectivity index (χ2v) is 6.16. The monoisotopic (exact) mass is 322 g/mol. The Bertz CT molecular complexity index is 537. The fraction of sp³-hybridized carbons (Fsp3) is 0.588. The Morgan fingerprint density at radius 3 is 2.91 bits per heavy atom. The lowest BCUT2D eigenvalue weighted by Gasteiger charge is -2.33. The third-order valence-corrected chi connectivity index (χ3v) is 4.45. The van der Waals surface area contributed by atoms with Gasteiger partial charge in [0.15, 0.2) is 0 Å². The van der Waals surface area contributed by atoms with Crippen LogP contribution in [0.25, 0.3) is 0 Å². The van der Waals surface area contributed by atoms with Gasteiger partial charge >= 0.3 is 6.03 Å². The van der Waals surface area contributed by atoms with Crippen LogP contribution in [0.4, 0.5) is 4.79 Å². The minimum Gasteiger partial charge on any atom is -0.497 e. The summed E-state index contributed by atoms with van der Waals surface area (Å²) in [6.45, 7) is 2.84. The van der Waals surface area contributed by atoms with Crippen LogP contribution in [0.15, 0.2) is 24.3 Å². The van der Waals surface area contributed by atoms with Crippen LogP contribution in [0, 0.1) is 0 Å². The van der Waals surface area contributed by atoms with Crippen molar-refractivity contribution in [3.8, 4) is 5.75 Å². The van der Waals surface area contributed by atoms with Gasteiger partial charge in [0.05, 0.1) is 25.4 Å². The summed E-state index contributed by atoms with van der Waals surface area (Å²) in [5.41, 5.74) is 0.534. The first kappa shape index (κ1) is 17.6. The fourth-order valence-corrected chi connectivity index (χ4v) is 2.96. The van der Waals surface area contributed by atoms with Crippen LogP contribution in [0.5, 0.6) is 5.75 Å². The lowest BCUT2D eigenvalue weighted by Crippen LogP contribution is -2.52. The number of nitrogens with one attached hydrogen (secondary N) is 1. The number of amides is 2. The van der Waals surface area contributed by atoms with Crippen LogP contribution in [0.3, 0.4) is 0 Å². The molecule has 2 atom stereocenters. The first-order chi connectivity index (χ1) is 11.0. The first-order valence-electron chi connectivity index (χ1n) is 7.84. The largest absolute Gasteiger partial charge is 0.497 e. The van der Waals surface area contributed by atoms with Crippen molar-refractivity contribution in [2.45, 2.75) is 31.4 Å². The lowest BCUT2D eigenvalue weighted by atomic mass is 10.00. The molecule has 2 unspecified atom stereocenters. The number of aliphatic hydroxyl groups is 1. The highest BCUT2D eigenvalue weighted by molar-refractivity contribution is 5.75. The molecule has 0 bridgehead atoms. The molecule has 23 heavy (non-hydrogen) atoms. The average molecular weight is 322 g/mol. The van der Waals surface area contributed by atoms with Gasteiger partial charge in [0.1, 0.15) is 5.75 Å². The van der Waals surface area contributed by atoms with Gasteiger partial charge in [-0.3, -0.25) is 0 Å². The number of benzene rings is 1. The molecule has 0 saturated carbocycles. The number of nitrogens with zero attached hydrogens (tertiary/aromatic N) is 1. The van der Waals surface area contributed by atoms with Gasteiger partial charge in [0, 0.05) is 26.6 Å². The zero-order valence-electron chi connectivity index (χ0n) is 14.0. The van der Waals surface area contributed by atoms with Gasteiger partial charge in [-0.2, -0.15) is 0 Å². The predicted octanol–water partition coefficient (Wildman–Crippen LogP) is 1.42. The predicted molar refractivity (Wildman–Crippen MR) is 87.7 cm³/mol. The van der Waals surface area contributed by atoms with Crippen molar-refractivity contribution >= 4 is 6.03 Å². The summed E-state index contributed by atoms with van der Waals surface area (Å²) in [6, 6.07) is 7.63. The van der Waals surface area contributed by atoms with E-state index < -0.39 is 5.54 Å². The summed E-state index contributed by atoms with van der Waals surface area (Å²) in [6.07, 6.45) is 1.33. The van der Waals surface area contributed by atoms with Gasteiger partial charge in [-0.05, 0) is 31.0 Å². The Kier molecular flexibility index (Phi) is 5.85. The van der Waals surface area contributed by atoms with E-state index in [1.807, 2.05) is 31.2 Å². The molecular formula is C17H26N2O4. The third kappa shape index (κ3) is 4.14. The minimum absolute atomic E-state index is 0.0312. The number of hydrogen-bond donors (Lipinski definition) is 2. The molecule has 1 saturated heterocycles.